The van der Waals surface area contributed by atoms with E-state index in [1.54, 1.807) is 19.2 Å². The third-order valence-electron chi connectivity index (χ3n) is 4.31. The Hall–Kier alpha value is -1.48. The minimum absolute atomic E-state index is 0.0483. The maximum absolute atomic E-state index is 12.0. The van der Waals surface area contributed by atoms with E-state index in [0.29, 0.717) is 25.2 Å². The van der Waals surface area contributed by atoms with Crippen molar-refractivity contribution in [2.75, 3.05) is 40.0 Å². The molecule has 1 fully saturated rings. The van der Waals surface area contributed by atoms with Gasteiger partial charge in [0.05, 0.1) is 11.9 Å². The van der Waals surface area contributed by atoms with E-state index >= 15 is 0 Å². The molecule has 0 spiro atoms. The number of nitrogens with one attached hydrogen (secondary N) is 1. The molecule has 0 aliphatic carbocycles. The first kappa shape index (κ1) is 18.9. The van der Waals surface area contributed by atoms with Gasteiger partial charge in [0.25, 0.3) is 5.91 Å². The van der Waals surface area contributed by atoms with Crippen LogP contribution in [0.2, 0.25) is 0 Å². The predicted molar refractivity (Wildman–Crippen MR) is 92.1 cm³/mol. The number of benzene rings is 1. The lowest BCUT2D eigenvalue weighted by atomic mass is 10.1. The van der Waals surface area contributed by atoms with E-state index in [9.17, 15) is 18.3 Å². The van der Waals surface area contributed by atoms with Gasteiger partial charge in [-0.3, -0.25) is 9.69 Å². The number of sulfonamides is 1. The van der Waals surface area contributed by atoms with E-state index < -0.39 is 16.1 Å². The van der Waals surface area contributed by atoms with Gasteiger partial charge in [-0.15, -0.1) is 0 Å². The Balaban J connectivity index is 1.96. The van der Waals surface area contributed by atoms with Gasteiger partial charge in [0, 0.05) is 52.3 Å². The fourth-order valence-electron chi connectivity index (χ4n) is 2.82. The van der Waals surface area contributed by atoms with Crippen LogP contribution in [0.15, 0.2) is 24.3 Å². The summed E-state index contributed by atoms with van der Waals surface area (Å²) in [6, 6.07) is 7.27. The standard InChI is InChI=1S/C16H25N3O4S/c1-17-16(21)13-6-4-12(5-7-13)8-19-9-14(15(20)10-19)11-24(22,23)18(2)3/h4-7,14-15,20H,8-11H2,1-3H3,(H,17,21)/t14-,15+/m0/s1. The number of amides is 1. The Morgan fingerprint density at radius 1 is 1.29 bits per heavy atom. The van der Waals surface area contributed by atoms with Gasteiger partial charge in [0.2, 0.25) is 10.0 Å². The van der Waals surface area contributed by atoms with Crippen LogP contribution in [-0.4, -0.2) is 74.7 Å². The number of aliphatic hydroxyl groups excluding tert-OH is 1. The zero-order valence-electron chi connectivity index (χ0n) is 14.3. The van der Waals surface area contributed by atoms with Crippen LogP contribution in [0.25, 0.3) is 0 Å². The Kier molecular flexibility index (Phi) is 5.97. The molecule has 0 bridgehead atoms. The first-order valence-electron chi connectivity index (χ1n) is 7.84. The highest BCUT2D eigenvalue weighted by atomic mass is 32.2. The molecule has 2 N–H and O–H groups in total. The van der Waals surface area contributed by atoms with E-state index in [4.69, 9.17) is 0 Å². The van der Waals surface area contributed by atoms with Crippen molar-refractivity contribution < 1.29 is 18.3 Å². The van der Waals surface area contributed by atoms with E-state index in [0.717, 1.165) is 5.56 Å². The van der Waals surface area contributed by atoms with E-state index in [2.05, 4.69) is 5.32 Å². The molecule has 0 saturated carbocycles. The summed E-state index contributed by atoms with van der Waals surface area (Å²) in [5.41, 5.74) is 1.61. The Morgan fingerprint density at radius 2 is 1.92 bits per heavy atom. The molecular formula is C16H25N3O4S. The van der Waals surface area contributed by atoms with Crippen molar-refractivity contribution in [3.63, 3.8) is 0 Å². The fraction of sp³-hybridized carbons (Fsp3) is 0.562. The number of carbonyl (C=O) groups excluding carboxylic acids is 1. The number of likely N-dealkylation sites (tertiary alicyclic amines) is 1. The normalized spacial score (nSPS) is 22.0. The van der Waals surface area contributed by atoms with E-state index in [1.165, 1.54) is 18.4 Å². The molecule has 1 aliphatic heterocycles. The van der Waals surface area contributed by atoms with Crippen molar-refractivity contribution >= 4 is 15.9 Å². The lowest BCUT2D eigenvalue weighted by Gasteiger charge is -2.18. The van der Waals surface area contributed by atoms with Crippen LogP contribution < -0.4 is 5.32 Å². The van der Waals surface area contributed by atoms with Gasteiger partial charge in [-0.1, -0.05) is 12.1 Å². The van der Waals surface area contributed by atoms with Crippen molar-refractivity contribution in [3.05, 3.63) is 35.4 Å². The zero-order valence-corrected chi connectivity index (χ0v) is 15.1. The number of β-amino-alcohol motifs (C(OH)–C–C–N with tert-alkyl or cyclic N) is 1. The molecule has 134 valence electrons. The van der Waals surface area contributed by atoms with Crippen LogP contribution in [0, 0.1) is 5.92 Å². The largest absolute Gasteiger partial charge is 0.391 e. The second-order valence-electron chi connectivity index (χ2n) is 6.36. The molecule has 1 aliphatic rings. The topological polar surface area (TPSA) is 90.0 Å². The molecule has 1 aromatic rings. The maximum atomic E-state index is 12.0. The summed E-state index contributed by atoms with van der Waals surface area (Å²) in [6.07, 6.45) is -0.648. The van der Waals surface area contributed by atoms with Gasteiger partial charge >= 0.3 is 0 Å². The van der Waals surface area contributed by atoms with Crippen LogP contribution in [-0.2, 0) is 16.6 Å². The predicted octanol–water partition coefficient (Wildman–Crippen LogP) is -0.270. The minimum atomic E-state index is -3.33. The van der Waals surface area contributed by atoms with Crippen LogP contribution in [0.1, 0.15) is 15.9 Å². The summed E-state index contributed by atoms with van der Waals surface area (Å²) in [5.74, 6) is -0.470. The molecular weight excluding hydrogens is 330 g/mol. The van der Waals surface area contributed by atoms with Crippen LogP contribution in [0.3, 0.4) is 0 Å². The smallest absolute Gasteiger partial charge is 0.251 e. The summed E-state index contributed by atoms with van der Waals surface area (Å²) in [6.45, 7) is 1.60. The number of hydrogen-bond acceptors (Lipinski definition) is 5. The Bertz CT molecular complexity index is 673. The second-order valence-corrected chi connectivity index (χ2v) is 8.59. The van der Waals surface area contributed by atoms with Gasteiger partial charge in [-0.05, 0) is 17.7 Å². The molecule has 0 aromatic heterocycles. The van der Waals surface area contributed by atoms with Crippen molar-refractivity contribution in [2.45, 2.75) is 12.6 Å². The zero-order chi connectivity index (χ0) is 17.9. The van der Waals surface area contributed by atoms with Crippen molar-refractivity contribution in [3.8, 4) is 0 Å². The third-order valence-corrected chi connectivity index (χ3v) is 6.27. The maximum Gasteiger partial charge on any atom is 0.251 e. The third kappa shape index (κ3) is 4.54. The quantitative estimate of drug-likeness (QED) is 0.733. The van der Waals surface area contributed by atoms with E-state index in [-0.39, 0.29) is 17.6 Å². The summed E-state index contributed by atoms with van der Waals surface area (Å²) >= 11 is 0. The second kappa shape index (κ2) is 7.60. The molecule has 2 rings (SSSR count). The van der Waals surface area contributed by atoms with Gasteiger partial charge in [-0.2, -0.15) is 0 Å². The Morgan fingerprint density at radius 3 is 2.46 bits per heavy atom. The number of rotatable bonds is 6. The summed E-state index contributed by atoms with van der Waals surface area (Å²) < 4.78 is 25.2. The number of aliphatic hydroxyl groups is 1. The highest BCUT2D eigenvalue weighted by molar-refractivity contribution is 7.89. The molecule has 2 atom stereocenters. The number of nitrogens with zero attached hydrogens (tertiary/aromatic N) is 2. The van der Waals surface area contributed by atoms with Crippen molar-refractivity contribution in [1.82, 2.24) is 14.5 Å². The molecule has 24 heavy (non-hydrogen) atoms. The molecule has 1 aromatic carbocycles. The summed E-state index contributed by atoms with van der Waals surface area (Å²) in [4.78, 5) is 13.6. The van der Waals surface area contributed by atoms with Crippen LogP contribution in [0.5, 0.6) is 0 Å². The molecule has 1 saturated heterocycles. The lowest BCUT2D eigenvalue weighted by Crippen LogP contribution is -2.33. The SMILES string of the molecule is CNC(=O)c1ccc(CN2C[C@@H](CS(=O)(=O)N(C)C)[C@H](O)C2)cc1. The van der Waals surface area contributed by atoms with Gasteiger partial charge in [-0.25, -0.2) is 12.7 Å². The fourth-order valence-corrected chi connectivity index (χ4v) is 3.98. The number of hydrogen-bond donors (Lipinski definition) is 2. The number of carbonyl (C=O) groups is 1. The first-order valence-corrected chi connectivity index (χ1v) is 9.45. The van der Waals surface area contributed by atoms with Gasteiger partial charge < -0.3 is 10.4 Å². The summed E-state index contributed by atoms with van der Waals surface area (Å²) in [7, 11) is 1.27. The van der Waals surface area contributed by atoms with Gasteiger partial charge in [0.15, 0.2) is 0 Å². The average Bonchev–Trinajstić information content (AvgIpc) is 2.86. The highest BCUT2D eigenvalue weighted by Crippen LogP contribution is 2.22. The monoisotopic (exact) mass is 355 g/mol. The average molecular weight is 355 g/mol. The highest BCUT2D eigenvalue weighted by Gasteiger charge is 2.35. The lowest BCUT2D eigenvalue weighted by molar-refractivity contribution is 0.0963. The van der Waals surface area contributed by atoms with Crippen LogP contribution >= 0.6 is 0 Å². The molecule has 1 heterocycles. The summed E-state index contributed by atoms with van der Waals surface area (Å²) in [5, 5.41) is 12.7. The van der Waals surface area contributed by atoms with E-state index in [1.807, 2.05) is 17.0 Å². The first-order chi connectivity index (χ1) is 11.2. The Labute approximate surface area is 143 Å². The van der Waals surface area contributed by atoms with Crippen molar-refractivity contribution in [2.24, 2.45) is 5.92 Å². The van der Waals surface area contributed by atoms with Gasteiger partial charge in [0.1, 0.15) is 0 Å². The van der Waals surface area contributed by atoms with Crippen LogP contribution in [0.4, 0.5) is 0 Å². The molecule has 0 radical (unpaired) electrons. The van der Waals surface area contributed by atoms with Crippen molar-refractivity contribution in [1.29, 1.82) is 0 Å². The minimum Gasteiger partial charge on any atom is -0.391 e. The molecule has 7 nitrogen and oxygen atoms in total. The molecule has 8 heteroatoms. The molecule has 1 amide bonds. The molecule has 0 unspecified atom stereocenters.